The van der Waals surface area contributed by atoms with Crippen LogP contribution in [0.2, 0.25) is 0 Å². The molecule has 236 valence electrons. The molecule has 0 heterocycles. The van der Waals surface area contributed by atoms with Crippen molar-refractivity contribution in [2.75, 3.05) is 58.9 Å². The summed E-state index contributed by atoms with van der Waals surface area (Å²) in [6.07, 6.45) is 8.09. The van der Waals surface area contributed by atoms with Crippen molar-refractivity contribution in [2.24, 2.45) is 5.92 Å². The molecule has 0 aromatic heterocycles. The van der Waals surface area contributed by atoms with Crippen LogP contribution >= 0.6 is 0 Å². The van der Waals surface area contributed by atoms with Crippen molar-refractivity contribution in [1.29, 1.82) is 0 Å². The van der Waals surface area contributed by atoms with Crippen molar-refractivity contribution in [3.63, 3.8) is 0 Å². The molecular weight excluding hydrogens is 450 g/mol. The third-order valence-electron chi connectivity index (χ3n) is 5.61. The first-order valence-electron chi connectivity index (χ1n) is 17.1. The summed E-state index contributed by atoms with van der Waals surface area (Å²) >= 11 is 0. The van der Waals surface area contributed by atoms with Crippen LogP contribution in [0.5, 0.6) is 0 Å². The lowest BCUT2D eigenvalue weighted by molar-refractivity contribution is 0.284. The minimum Gasteiger partial charge on any atom is -0.304 e. The highest BCUT2D eigenvalue weighted by Gasteiger charge is 1.99. The van der Waals surface area contributed by atoms with Gasteiger partial charge in [0.25, 0.3) is 0 Å². The lowest BCUT2D eigenvalue weighted by Crippen LogP contribution is -2.24. The van der Waals surface area contributed by atoms with Gasteiger partial charge in [-0.15, -0.1) is 0 Å². The van der Waals surface area contributed by atoms with Crippen molar-refractivity contribution < 1.29 is 0 Å². The third-order valence-corrected chi connectivity index (χ3v) is 5.61. The zero-order valence-electron chi connectivity index (χ0n) is 30.5. The van der Waals surface area contributed by atoms with Crippen LogP contribution in [0.25, 0.3) is 0 Å². The van der Waals surface area contributed by atoms with Crippen LogP contribution in [0.1, 0.15) is 163 Å². The minimum absolute atomic E-state index is 0.848. The van der Waals surface area contributed by atoms with Crippen molar-refractivity contribution in [3.8, 4) is 0 Å². The highest BCUT2D eigenvalue weighted by Crippen LogP contribution is 2.01. The molecule has 0 amide bonds. The first kappa shape index (κ1) is 53.2. The van der Waals surface area contributed by atoms with Gasteiger partial charge in [0.15, 0.2) is 0 Å². The Morgan fingerprint density at radius 2 is 0.649 bits per heavy atom. The molecule has 0 rings (SSSR count). The zero-order chi connectivity index (χ0) is 30.9. The quantitative estimate of drug-likeness (QED) is 0.182. The summed E-state index contributed by atoms with van der Waals surface area (Å²) in [4.78, 5) is 7.42. The summed E-state index contributed by atoms with van der Waals surface area (Å²) in [5, 5.41) is 0. The van der Waals surface area contributed by atoms with Gasteiger partial charge in [-0.05, 0) is 84.1 Å². The SMILES string of the molecule is CC.CC.CC.CC.CCCCCN(CC)CC.CCCCN(CC)CC.CCN(CC)CCC(C)C. The Hall–Kier alpha value is -0.120. The van der Waals surface area contributed by atoms with Crippen LogP contribution in [0.3, 0.4) is 0 Å². The van der Waals surface area contributed by atoms with Gasteiger partial charge in [0, 0.05) is 0 Å². The van der Waals surface area contributed by atoms with E-state index >= 15 is 0 Å². The molecule has 0 saturated carbocycles. The van der Waals surface area contributed by atoms with E-state index in [4.69, 9.17) is 0 Å². The molecule has 0 atom stereocenters. The smallest absolute Gasteiger partial charge is 0.00165 e. The van der Waals surface area contributed by atoms with E-state index in [9.17, 15) is 0 Å². The van der Waals surface area contributed by atoms with Crippen molar-refractivity contribution in [3.05, 3.63) is 0 Å². The second-order valence-corrected chi connectivity index (χ2v) is 8.32. The van der Waals surface area contributed by atoms with E-state index in [1.807, 2.05) is 55.4 Å². The van der Waals surface area contributed by atoms with Crippen LogP contribution in [0.4, 0.5) is 0 Å². The topological polar surface area (TPSA) is 9.72 Å². The summed E-state index contributed by atoms with van der Waals surface area (Å²) in [7, 11) is 0. The highest BCUT2D eigenvalue weighted by molar-refractivity contribution is 4.54. The van der Waals surface area contributed by atoms with Crippen LogP contribution in [-0.4, -0.2) is 73.6 Å². The average Bonchev–Trinajstić information content (AvgIpc) is 2.97. The van der Waals surface area contributed by atoms with E-state index in [1.165, 1.54) is 97.4 Å². The fraction of sp³-hybridized carbons (Fsp3) is 1.00. The van der Waals surface area contributed by atoms with Gasteiger partial charge >= 0.3 is 0 Å². The Labute approximate surface area is 242 Å². The fourth-order valence-electron chi connectivity index (χ4n) is 3.03. The van der Waals surface area contributed by atoms with Crippen LogP contribution < -0.4 is 0 Å². The molecule has 0 radical (unpaired) electrons. The fourth-order valence-corrected chi connectivity index (χ4v) is 3.03. The second-order valence-electron chi connectivity index (χ2n) is 8.32. The normalized spacial score (nSPS) is 9.24. The molecule has 0 aliphatic heterocycles. The van der Waals surface area contributed by atoms with Gasteiger partial charge < -0.3 is 14.7 Å². The van der Waals surface area contributed by atoms with E-state index in [0.717, 1.165) is 5.92 Å². The average molecular weight is 536 g/mol. The van der Waals surface area contributed by atoms with E-state index in [1.54, 1.807) is 0 Å². The van der Waals surface area contributed by atoms with E-state index in [0.29, 0.717) is 0 Å². The molecule has 0 saturated heterocycles. The van der Waals surface area contributed by atoms with E-state index in [2.05, 4.69) is 83.9 Å². The van der Waals surface area contributed by atoms with Gasteiger partial charge in [-0.1, -0.05) is 144 Å². The highest BCUT2D eigenvalue weighted by atomic mass is 15.1. The predicted octanol–water partition coefficient (Wildman–Crippen LogP) is 11.1. The van der Waals surface area contributed by atoms with E-state index < -0.39 is 0 Å². The maximum absolute atomic E-state index is 2.48. The summed E-state index contributed by atoms with van der Waals surface area (Å²) < 4.78 is 0. The Balaban J connectivity index is -0.0000000640. The molecule has 0 spiro atoms. The molecular formula is C34H85N3. The lowest BCUT2D eigenvalue weighted by atomic mass is 10.1. The largest absolute Gasteiger partial charge is 0.304 e. The van der Waals surface area contributed by atoms with Gasteiger partial charge in [0.2, 0.25) is 0 Å². The predicted molar refractivity (Wildman–Crippen MR) is 183 cm³/mol. The van der Waals surface area contributed by atoms with E-state index in [-0.39, 0.29) is 0 Å². The van der Waals surface area contributed by atoms with Crippen LogP contribution in [0, 0.1) is 5.92 Å². The zero-order valence-corrected chi connectivity index (χ0v) is 30.5. The molecule has 0 aliphatic rings. The molecule has 0 fully saturated rings. The molecule has 0 aromatic carbocycles. The number of hydrogen-bond donors (Lipinski definition) is 0. The lowest BCUT2D eigenvalue weighted by Gasteiger charge is -2.18. The van der Waals surface area contributed by atoms with Gasteiger partial charge in [-0.25, -0.2) is 0 Å². The van der Waals surface area contributed by atoms with Gasteiger partial charge in [-0.3, -0.25) is 0 Å². The number of unbranched alkanes of at least 4 members (excludes halogenated alkanes) is 3. The molecule has 0 aromatic rings. The van der Waals surface area contributed by atoms with Gasteiger partial charge in [0.05, 0.1) is 0 Å². The molecule has 37 heavy (non-hydrogen) atoms. The summed E-state index contributed by atoms with van der Waals surface area (Å²) in [5.41, 5.74) is 0. The Morgan fingerprint density at radius 3 is 0.892 bits per heavy atom. The summed E-state index contributed by atoms with van der Waals surface area (Å²) in [6, 6.07) is 0. The molecule has 3 nitrogen and oxygen atoms in total. The van der Waals surface area contributed by atoms with Crippen molar-refractivity contribution in [2.45, 2.75) is 163 Å². The molecule has 0 N–H and O–H groups in total. The van der Waals surface area contributed by atoms with Crippen molar-refractivity contribution >= 4 is 0 Å². The number of nitrogens with zero attached hydrogens (tertiary/aromatic N) is 3. The molecule has 0 aliphatic carbocycles. The summed E-state index contributed by atoms with van der Waals surface area (Å²) in [5.74, 6) is 0.848. The monoisotopic (exact) mass is 536 g/mol. The van der Waals surface area contributed by atoms with Gasteiger partial charge in [-0.2, -0.15) is 0 Å². The number of rotatable bonds is 16. The number of hydrogen-bond acceptors (Lipinski definition) is 3. The first-order chi connectivity index (χ1) is 17.9. The van der Waals surface area contributed by atoms with Gasteiger partial charge in [0.1, 0.15) is 0 Å². The Bertz CT molecular complexity index is 258. The van der Waals surface area contributed by atoms with Crippen molar-refractivity contribution in [1.82, 2.24) is 14.7 Å². The maximum Gasteiger partial charge on any atom is -0.00165 e. The standard InChI is InChI=1S/2C9H21N.C8H19N.4C2H6/c1-5-10(6-2)8-7-9(3)4;1-4-7-8-9-10(5-2)6-3;1-4-7-8-9(5-2)6-3;4*1-2/h9H,5-8H2,1-4H3;4-9H2,1-3H3;4-8H2,1-3H3;4*1-2H3. The Kier molecular flexibility index (Phi) is 86.8. The summed E-state index contributed by atoms with van der Waals surface area (Å²) in [6.45, 7) is 49.5. The maximum atomic E-state index is 2.48. The third kappa shape index (κ3) is 61.5. The molecule has 0 bridgehead atoms. The minimum atomic E-state index is 0.848. The van der Waals surface area contributed by atoms with Crippen LogP contribution in [0.15, 0.2) is 0 Å². The van der Waals surface area contributed by atoms with Crippen LogP contribution in [-0.2, 0) is 0 Å². The molecule has 3 heteroatoms. The molecule has 0 unspecified atom stereocenters. The first-order valence-corrected chi connectivity index (χ1v) is 17.1. The second kappa shape index (κ2) is 60.4. The Morgan fingerprint density at radius 1 is 0.378 bits per heavy atom.